The molecule has 0 aromatic rings. The molecule has 5 rings (SSSR count). The highest BCUT2D eigenvalue weighted by Crippen LogP contribution is 2.72. The van der Waals surface area contributed by atoms with Gasteiger partial charge >= 0.3 is 5.97 Å². The zero-order valence-corrected chi connectivity index (χ0v) is 18.6. The topological polar surface area (TPSA) is 102 Å². The normalized spacial score (nSPS) is 51.7. The van der Waals surface area contributed by atoms with Gasteiger partial charge in [0.25, 0.3) is 0 Å². The minimum Gasteiger partial charge on any atom is -0.481 e. The van der Waals surface area contributed by atoms with Gasteiger partial charge in [-0.2, -0.15) is 10.2 Å². The fraction of sp³-hybridized carbons (Fsp3) is 0.958. The quantitative estimate of drug-likeness (QED) is 0.635. The van der Waals surface area contributed by atoms with Crippen LogP contribution in [0.15, 0.2) is 10.2 Å². The molecule has 5 aliphatic rings. The minimum absolute atomic E-state index is 0.151. The highest BCUT2D eigenvalue weighted by Gasteiger charge is 2.72. The number of aliphatic hydroxyl groups excluding tert-OH is 2. The molecular formula is C24H38N2O4. The highest BCUT2D eigenvalue weighted by molar-refractivity contribution is 5.66. The second kappa shape index (κ2) is 6.74. The average molecular weight is 419 g/mol. The maximum absolute atomic E-state index is 11.6. The Morgan fingerprint density at radius 3 is 2.50 bits per heavy atom. The Balaban J connectivity index is 1.46. The number of carboxylic acids is 1. The van der Waals surface area contributed by atoms with Gasteiger partial charge in [-0.3, -0.25) is 4.79 Å². The smallest absolute Gasteiger partial charge is 0.303 e. The number of carboxylic acid groups (broad SMARTS) is 1. The molecule has 4 aliphatic carbocycles. The standard InChI is InChI=1S/C24H38N2O4/c1-13(4-7-20(29)30)16-5-6-17-21-18(11-19(28)23(16,17)3)22(2)9-8-15(27)10-14(22)12-24(21)25-26-24/h13-19,21,27-28H,4-12H2,1-3H3,(H,29,30)/t13-,14+,15-,16+,17-,18-,19+,21?,22+,23-/m1/s1. The van der Waals surface area contributed by atoms with E-state index in [9.17, 15) is 15.0 Å². The van der Waals surface area contributed by atoms with Crippen molar-refractivity contribution in [3.63, 3.8) is 0 Å². The number of hydrogen-bond donors (Lipinski definition) is 3. The number of carbonyl (C=O) groups is 1. The van der Waals surface area contributed by atoms with E-state index >= 15 is 0 Å². The number of nitrogens with zero attached hydrogens (tertiary/aromatic N) is 2. The van der Waals surface area contributed by atoms with Crippen LogP contribution in [-0.2, 0) is 4.79 Å². The van der Waals surface area contributed by atoms with Crippen molar-refractivity contribution in [2.45, 2.75) is 96.4 Å². The van der Waals surface area contributed by atoms with E-state index in [0.29, 0.717) is 41.9 Å². The average Bonchev–Trinajstić information content (AvgIpc) is 3.35. The van der Waals surface area contributed by atoms with E-state index in [1.807, 2.05) is 0 Å². The molecule has 4 fully saturated rings. The lowest BCUT2D eigenvalue weighted by Crippen LogP contribution is -2.63. The molecule has 10 atom stereocenters. The van der Waals surface area contributed by atoms with Gasteiger partial charge in [0.1, 0.15) is 0 Å². The van der Waals surface area contributed by atoms with Crippen molar-refractivity contribution in [2.24, 2.45) is 56.6 Å². The third kappa shape index (κ3) is 2.78. The van der Waals surface area contributed by atoms with Gasteiger partial charge in [0, 0.05) is 18.8 Å². The summed E-state index contributed by atoms with van der Waals surface area (Å²) in [5, 5.41) is 40.4. The maximum atomic E-state index is 11.6. The van der Waals surface area contributed by atoms with E-state index in [0.717, 1.165) is 44.9 Å². The van der Waals surface area contributed by atoms with Crippen LogP contribution in [0.1, 0.15) is 78.6 Å². The zero-order chi connectivity index (χ0) is 21.5. The Kier molecular flexibility index (Phi) is 4.69. The van der Waals surface area contributed by atoms with Crippen LogP contribution in [0.4, 0.5) is 0 Å². The predicted molar refractivity (Wildman–Crippen MR) is 112 cm³/mol. The lowest BCUT2D eigenvalue weighted by atomic mass is 9.42. The number of hydrogen-bond acceptors (Lipinski definition) is 5. The summed E-state index contributed by atoms with van der Waals surface area (Å²) in [5.74, 6) is 1.53. The van der Waals surface area contributed by atoms with Crippen LogP contribution in [-0.4, -0.2) is 39.2 Å². The van der Waals surface area contributed by atoms with Crippen molar-refractivity contribution >= 4 is 5.97 Å². The second-order valence-corrected chi connectivity index (χ2v) is 11.9. The molecule has 3 N–H and O–H groups in total. The summed E-state index contributed by atoms with van der Waals surface area (Å²) in [6, 6.07) is 0. The van der Waals surface area contributed by atoms with Gasteiger partial charge in [0.2, 0.25) is 0 Å². The van der Waals surface area contributed by atoms with Crippen molar-refractivity contribution in [3.8, 4) is 0 Å². The van der Waals surface area contributed by atoms with Crippen molar-refractivity contribution in [1.29, 1.82) is 0 Å². The van der Waals surface area contributed by atoms with Gasteiger partial charge in [-0.15, -0.1) is 0 Å². The Labute approximate surface area is 179 Å². The van der Waals surface area contributed by atoms with Crippen molar-refractivity contribution in [3.05, 3.63) is 0 Å². The Morgan fingerprint density at radius 2 is 1.83 bits per heavy atom. The molecule has 0 aromatic carbocycles. The van der Waals surface area contributed by atoms with E-state index in [2.05, 4.69) is 31.0 Å². The summed E-state index contributed by atoms with van der Waals surface area (Å²) < 4.78 is 0. The Hall–Kier alpha value is -1.01. The number of fused-ring (bicyclic) bond motifs is 6. The molecule has 1 aliphatic heterocycles. The van der Waals surface area contributed by atoms with Crippen LogP contribution in [0.25, 0.3) is 0 Å². The Bertz CT molecular complexity index is 749. The van der Waals surface area contributed by atoms with Crippen LogP contribution < -0.4 is 0 Å². The molecule has 168 valence electrons. The monoisotopic (exact) mass is 418 g/mol. The molecule has 1 unspecified atom stereocenters. The first-order valence-corrected chi connectivity index (χ1v) is 12.1. The second-order valence-electron chi connectivity index (χ2n) is 11.9. The molecule has 6 nitrogen and oxygen atoms in total. The van der Waals surface area contributed by atoms with Crippen LogP contribution in [0, 0.1) is 46.3 Å². The SMILES string of the molecule is C[C@H](CCC(=O)O)[C@@H]1CC[C@@H]2C3[C@@H](C[C@H](O)[C@@]21C)[C@@]1(C)CC[C@@H](O)C[C@H]1CC31N=N1. The molecule has 1 spiro atoms. The fourth-order valence-electron chi connectivity index (χ4n) is 8.99. The number of aliphatic hydroxyl groups is 2. The van der Waals surface area contributed by atoms with Gasteiger partial charge in [-0.1, -0.05) is 20.8 Å². The molecule has 30 heavy (non-hydrogen) atoms. The van der Waals surface area contributed by atoms with Crippen molar-refractivity contribution in [2.75, 3.05) is 0 Å². The van der Waals surface area contributed by atoms with E-state index in [-0.39, 0.29) is 35.1 Å². The first-order chi connectivity index (χ1) is 14.1. The first-order valence-electron chi connectivity index (χ1n) is 12.1. The zero-order valence-electron chi connectivity index (χ0n) is 18.6. The first kappa shape index (κ1) is 20.9. The summed E-state index contributed by atoms with van der Waals surface area (Å²) in [5.41, 5.74) is -0.313. The van der Waals surface area contributed by atoms with Crippen LogP contribution in [0.5, 0.6) is 0 Å². The molecule has 0 aromatic heterocycles. The molecule has 4 saturated carbocycles. The molecule has 0 saturated heterocycles. The summed E-state index contributed by atoms with van der Waals surface area (Å²) in [7, 11) is 0. The summed E-state index contributed by atoms with van der Waals surface area (Å²) in [4.78, 5) is 11.1. The molecule has 0 radical (unpaired) electrons. The van der Waals surface area contributed by atoms with Crippen molar-refractivity contribution in [1.82, 2.24) is 0 Å². The molecular weight excluding hydrogens is 380 g/mol. The lowest BCUT2D eigenvalue weighted by Gasteiger charge is -2.63. The molecule has 6 heteroatoms. The third-order valence-electron chi connectivity index (χ3n) is 10.7. The van der Waals surface area contributed by atoms with Crippen LogP contribution >= 0.6 is 0 Å². The van der Waals surface area contributed by atoms with Gasteiger partial charge in [0.05, 0.1) is 12.2 Å². The minimum atomic E-state index is -0.730. The van der Waals surface area contributed by atoms with Gasteiger partial charge in [-0.25, -0.2) is 0 Å². The van der Waals surface area contributed by atoms with Crippen LogP contribution in [0.3, 0.4) is 0 Å². The lowest BCUT2D eigenvalue weighted by molar-refractivity contribution is -0.187. The predicted octanol–water partition coefficient (Wildman–Crippen LogP) is 4.25. The van der Waals surface area contributed by atoms with E-state index in [1.165, 1.54) is 0 Å². The van der Waals surface area contributed by atoms with Gasteiger partial charge < -0.3 is 15.3 Å². The largest absolute Gasteiger partial charge is 0.481 e. The summed E-state index contributed by atoms with van der Waals surface area (Å²) >= 11 is 0. The summed E-state index contributed by atoms with van der Waals surface area (Å²) in [6.45, 7) is 6.87. The third-order valence-corrected chi connectivity index (χ3v) is 10.7. The molecule has 1 heterocycles. The maximum Gasteiger partial charge on any atom is 0.303 e. The van der Waals surface area contributed by atoms with Crippen molar-refractivity contribution < 1.29 is 20.1 Å². The Morgan fingerprint density at radius 1 is 1.10 bits per heavy atom. The highest BCUT2D eigenvalue weighted by atomic mass is 16.4. The fourth-order valence-corrected chi connectivity index (χ4v) is 8.99. The van der Waals surface area contributed by atoms with Gasteiger partial charge in [0.15, 0.2) is 5.66 Å². The van der Waals surface area contributed by atoms with E-state index in [1.54, 1.807) is 0 Å². The number of aliphatic carboxylic acids is 1. The van der Waals surface area contributed by atoms with Crippen LogP contribution in [0.2, 0.25) is 0 Å². The van der Waals surface area contributed by atoms with E-state index in [4.69, 9.17) is 5.11 Å². The van der Waals surface area contributed by atoms with E-state index < -0.39 is 5.97 Å². The summed E-state index contributed by atoms with van der Waals surface area (Å²) in [6.07, 6.45) is 6.98. The number of rotatable bonds is 4. The molecule has 0 amide bonds. The van der Waals surface area contributed by atoms with Gasteiger partial charge in [-0.05, 0) is 85.4 Å². The molecule has 0 bridgehead atoms.